The van der Waals surface area contributed by atoms with Crippen LogP contribution < -0.4 is 20.1 Å². The molecule has 2 amide bonds. The highest BCUT2D eigenvalue weighted by Gasteiger charge is 2.18. The number of carbonyl (C=O) groups excluding carboxylic acids is 3. The molecule has 0 bridgehead atoms. The molecule has 2 aromatic rings. The van der Waals surface area contributed by atoms with E-state index in [0.717, 1.165) is 0 Å². The molecule has 0 radical (unpaired) electrons. The third-order valence-corrected chi connectivity index (χ3v) is 3.86. The van der Waals surface area contributed by atoms with E-state index in [4.69, 9.17) is 18.6 Å². The molecular formula is C20H20N2O7. The van der Waals surface area contributed by atoms with Crippen LogP contribution in [0.2, 0.25) is 0 Å². The highest BCUT2D eigenvalue weighted by molar-refractivity contribution is 6.04. The van der Waals surface area contributed by atoms with E-state index in [1.807, 2.05) is 0 Å². The van der Waals surface area contributed by atoms with E-state index < -0.39 is 11.8 Å². The van der Waals surface area contributed by atoms with Gasteiger partial charge in [0.25, 0.3) is 11.8 Å². The molecule has 29 heavy (non-hydrogen) atoms. The van der Waals surface area contributed by atoms with E-state index in [9.17, 15) is 14.4 Å². The van der Waals surface area contributed by atoms with Gasteiger partial charge in [0, 0.05) is 13.5 Å². The zero-order chi connectivity index (χ0) is 20.6. The Morgan fingerprint density at radius 1 is 1.17 bits per heavy atom. The molecule has 1 aromatic heterocycles. The number of rotatable bonds is 8. The zero-order valence-electron chi connectivity index (χ0n) is 15.7. The van der Waals surface area contributed by atoms with Crippen LogP contribution in [-0.4, -0.2) is 37.7 Å². The second-order valence-corrected chi connectivity index (χ2v) is 6.05. The maximum atomic E-state index is 12.6. The standard InChI is InChI=1S/C20H20N2O7/c1-13(23)26-9-3-7-21-19(24)15(22-20(25)17-4-2-8-27-17)10-14-5-6-16-18(11-14)29-12-28-16/h2,4-6,8,10-11H,3,7,9,12H2,1H3,(H,21,24)(H,22,25)/b15-10-. The van der Waals surface area contributed by atoms with Crippen molar-refractivity contribution < 1.29 is 33.0 Å². The molecular weight excluding hydrogens is 380 g/mol. The second kappa shape index (κ2) is 9.45. The first-order chi connectivity index (χ1) is 14.0. The molecule has 0 saturated carbocycles. The molecule has 2 heterocycles. The lowest BCUT2D eigenvalue weighted by atomic mass is 10.1. The van der Waals surface area contributed by atoms with Crippen molar-refractivity contribution in [2.75, 3.05) is 19.9 Å². The molecule has 0 unspecified atom stereocenters. The molecule has 1 aliphatic rings. The van der Waals surface area contributed by atoms with Gasteiger partial charge in [-0.25, -0.2) is 0 Å². The Balaban J connectivity index is 1.71. The van der Waals surface area contributed by atoms with Gasteiger partial charge in [0.05, 0.1) is 12.9 Å². The molecule has 0 atom stereocenters. The van der Waals surface area contributed by atoms with Gasteiger partial charge in [-0.05, 0) is 42.3 Å². The highest BCUT2D eigenvalue weighted by Crippen LogP contribution is 2.33. The van der Waals surface area contributed by atoms with Crippen LogP contribution in [-0.2, 0) is 14.3 Å². The van der Waals surface area contributed by atoms with Gasteiger partial charge in [-0.15, -0.1) is 0 Å². The first-order valence-electron chi connectivity index (χ1n) is 8.90. The predicted octanol–water partition coefficient (Wildman–Crippen LogP) is 1.85. The number of ether oxygens (including phenoxy) is 3. The maximum Gasteiger partial charge on any atom is 0.302 e. The van der Waals surface area contributed by atoms with Crippen LogP contribution in [0.4, 0.5) is 0 Å². The van der Waals surface area contributed by atoms with Gasteiger partial charge >= 0.3 is 5.97 Å². The predicted molar refractivity (Wildman–Crippen MR) is 101 cm³/mol. The SMILES string of the molecule is CC(=O)OCCCNC(=O)/C(=C/c1ccc2c(c1)OCO2)NC(=O)c1ccco1. The fourth-order valence-corrected chi connectivity index (χ4v) is 2.50. The third-order valence-electron chi connectivity index (χ3n) is 3.86. The van der Waals surface area contributed by atoms with Gasteiger partial charge in [0.1, 0.15) is 5.70 Å². The first-order valence-corrected chi connectivity index (χ1v) is 8.90. The molecule has 0 spiro atoms. The van der Waals surface area contributed by atoms with Crippen molar-refractivity contribution in [2.45, 2.75) is 13.3 Å². The smallest absolute Gasteiger partial charge is 0.302 e. The van der Waals surface area contributed by atoms with Crippen molar-refractivity contribution in [2.24, 2.45) is 0 Å². The van der Waals surface area contributed by atoms with Crippen LogP contribution in [0.5, 0.6) is 11.5 Å². The quantitative estimate of drug-likeness (QED) is 0.395. The molecule has 2 N–H and O–H groups in total. The molecule has 0 aliphatic carbocycles. The summed E-state index contributed by atoms with van der Waals surface area (Å²) in [7, 11) is 0. The number of amides is 2. The van der Waals surface area contributed by atoms with Crippen LogP contribution in [0.25, 0.3) is 6.08 Å². The number of hydrogen-bond donors (Lipinski definition) is 2. The normalized spacial score (nSPS) is 12.4. The number of fused-ring (bicyclic) bond motifs is 1. The molecule has 9 heteroatoms. The molecule has 1 aliphatic heterocycles. The Morgan fingerprint density at radius 3 is 2.76 bits per heavy atom. The highest BCUT2D eigenvalue weighted by atomic mass is 16.7. The average molecular weight is 400 g/mol. The minimum absolute atomic E-state index is 0.0257. The number of carbonyl (C=O) groups is 3. The van der Waals surface area contributed by atoms with E-state index in [0.29, 0.717) is 23.5 Å². The molecule has 3 rings (SSSR count). The Bertz CT molecular complexity index is 919. The summed E-state index contributed by atoms with van der Waals surface area (Å²) in [6, 6.07) is 8.23. The lowest BCUT2D eigenvalue weighted by Gasteiger charge is -2.10. The largest absolute Gasteiger partial charge is 0.466 e. The zero-order valence-corrected chi connectivity index (χ0v) is 15.7. The second-order valence-electron chi connectivity index (χ2n) is 6.05. The fraction of sp³-hybridized carbons (Fsp3) is 0.250. The number of furan rings is 1. The van der Waals surface area contributed by atoms with Crippen molar-refractivity contribution in [3.63, 3.8) is 0 Å². The molecule has 152 valence electrons. The Morgan fingerprint density at radius 2 is 2.00 bits per heavy atom. The summed E-state index contributed by atoms with van der Waals surface area (Å²) < 4.78 is 20.5. The van der Waals surface area contributed by atoms with E-state index in [2.05, 4.69) is 10.6 Å². The number of esters is 1. The minimum atomic E-state index is -0.558. The number of nitrogens with one attached hydrogen (secondary N) is 2. The molecule has 1 aromatic carbocycles. The van der Waals surface area contributed by atoms with E-state index in [-0.39, 0.29) is 37.4 Å². The summed E-state index contributed by atoms with van der Waals surface area (Å²) in [4.78, 5) is 35.7. The fourth-order valence-electron chi connectivity index (χ4n) is 2.50. The van der Waals surface area contributed by atoms with Crippen LogP contribution in [0.1, 0.15) is 29.5 Å². The van der Waals surface area contributed by atoms with Gasteiger partial charge in [-0.1, -0.05) is 6.07 Å². The molecule has 9 nitrogen and oxygen atoms in total. The Labute approximate surface area is 166 Å². The summed E-state index contributed by atoms with van der Waals surface area (Å²) in [6.07, 6.45) is 3.32. The first kappa shape index (κ1) is 20.0. The van der Waals surface area contributed by atoms with Gasteiger partial charge < -0.3 is 29.3 Å². The summed E-state index contributed by atoms with van der Waals surface area (Å²) in [6.45, 7) is 1.90. The van der Waals surface area contributed by atoms with Crippen LogP contribution in [0.3, 0.4) is 0 Å². The summed E-state index contributed by atoms with van der Waals surface area (Å²) >= 11 is 0. The van der Waals surface area contributed by atoms with Crippen molar-refractivity contribution >= 4 is 23.9 Å². The maximum absolute atomic E-state index is 12.6. The van der Waals surface area contributed by atoms with E-state index in [1.54, 1.807) is 24.3 Å². The van der Waals surface area contributed by atoms with Crippen LogP contribution >= 0.6 is 0 Å². The lowest BCUT2D eigenvalue weighted by Crippen LogP contribution is -2.35. The van der Waals surface area contributed by atoms with Crippen molar-refractivity contribution in [1.82, 2.24) is 10.6 Å². The summed E-state index contributed by atoms with van der Waals surface area (Å²) in [5.74, 6) is -0.201. The summed E-state index contributed by atoms with van der Waals surface area (Å²) in [5.41, 5.74) is 0.664. The number of hydrogen-bond acceptors (Lipinski definition) is 7. The Hall–Kier alpha value is -3.75. The lowest BCUT2D eigenvalue weighted by molar-refractivity contribution is -0.141. The number of benzene rings is 1. The van der Waals surface area contributed by atoms with Crippen LogP contribution in [0.15, 0.2) is 46.7 Å². The van der Waals surface area contributed by atoms with E-state index in [1.165, 1.54) is 25.3 Å². The average Bonchev–Trinajstić information content (AvgIpc) is 3.38. The van der Waals surface area contributed by atoms with Crippen LogP contribution in [0, 0.1) is 0 Å². The summed E-state index contributed by atoms with van der Waals surface area (Å²) in [5, 5.41) is 5.23. The van der Waals surface area contributed by atoms with Crippen molar-refractivity contribution in [1.29, 1.82) is 0 Å². The van der Waals surface area contributed by atoms with E-state index >= 15 is 0 Å². The molecule has 0 saturated heterocycles. The monoisotopic (exact) mass is 400 g/mol. The van der Waals surface area contributed by atoms with Gasteiger partial charge in [-0.2, -0.15) is 0 Å². The van der Waals surface area contributed by atoms with Crippen molar-refractivity contribution in [3.05, 3.63) is 53.6 Å². The Kier molecular flexibility index (Phi) is 6.51. The van der Waals surface area contributed by atoms with Crippen molar-refractivity contribution in [3.8, 4) is 11.5 Å². The topological polar surface area (TPSA) is 116 Å². The molecule has 0 fully saturated rings. The minimum Gasteiger partial charge on any atom is -0.466 e. The van der Waals surface area contributed by atoms with Gasteiger partial charge in [0.2, 0.25) is 6.79 Å². The third kappa shape index (κ3) is 5.61. The van der Waals surface area contributed by atoms with Gasteiger partial charge in [0.15, 0.2) is 17.3 Å². The van der Waals surface area contributed by atoms with Gasteiger partial charge in [-0.3, -0.25) is 14.4 Å².